The van der Waals surface area contributed by atoms with Gasteiger partial charge in [0, 0.05) is 10.9 Å². The summed E-state index contributed by atoms with van der Waals surface area (Å²) < 4.78 is 11.7. The zero-order chi connectivity index (χ0) is 27.4. The number of fused-ring (bicyclic) bond motifs is 1. The van der Waals surface area contributed by atoms with Crippen LogP contribution in [0, 0.1) is 12.8 Å². The molecule has 11 heteroatoms. The van der Waals surface area contributed by atoms with E-state index in [4.69, 9.17) is 9.47 Å². The van der Waals surface area contributed by atoms with Crippen molar-refractivity contribution in [2.24, 2.45) is 5.92 Å². The van der Waals surface area contributed by atoms with E-state index < -0.39 is 23.4 Å². The Bertz CT molecular complexity index is 1550. The molecule has 0 fully saturated rings. The van der Waals surface area contributed by atoms with Crippen molar-refractivity contribution >= 4 is 55.7 Å². The van der Waals surface area contributed by atoms with Crippen molar-refractivity contribution in [2.45, 2.75) is 34.2 Å². The molecule has 3 aromatic heterocycles. The van der Waals surface area contributed by atoms with Crippen LogP contribution in [0.25, 0.3) is 21.3 Å². The highest BCUT2D eigenvalue weighted by Crippen LogP contribution is 2.36. The van der Waals surface area contributed by atoms with Gasteiger partial charge in [-0.3, -0.25) is 14.2 Å². The standard InChI is InChI=1S/C27H27N3O6S2/c1-5-35-26(33)21-18(17-9-7-6-8-10-17)13-37-24(21)29-19(31)11-30-14-28-23-20(25(30)32)16(4)22(38-23)27(34)36-12-15(2)3/h6-10,13-15H,5,11-12H2,1-4H3,(H,29,31). The summed E-state index contributed by atoms with van der Waals surface area (Å²) in [5.74, 6) is -1.38. The highest BCUT2D eigenvalue weighted by atomic mass is 32.1. The number of ether oxygens (including phenoxy) is 2. The Balaban J connectivity index is 1.59. The Kier molecular flexibility index (Phi) is 8.38. The Morgan fingerprint density at radius 3 is 2.53 bits per heavy atom. The number of hydrogen-bond acceptors (Lipinski definition) is 9. The molecule has 0 radical (unpaired) electrons. The van der Waals surface area contributed by atoms with E-state index in [0.29, 0.717) is 25.8 Å². The van der Waals surface area contributed by atoms with Gasteiger partial charge in [0.1, 0.15) is 26.8 Å². The first-order valence-electron chi connectivity index (χ1n) is 12.0. The maximum Gasteiger partial charge on any atom is 0.348 e. The summed E-state index contributed by atoms with van der Waals surface area (Å²) in [6, 6.07) is 9.33. The quantitative estimate of drug-likeness (QED) is 0.286. The summed E-state index contributed by atoms with van der Waals surface area (Å²) in [4.78, 5) is 56.5. The number of nitrogens with one attached hydrogen (secondary N) is 1. The van der Waals surface area contributed by atoms with E-state index in [1.54, 1.807) is 19.2 Å². The lowest BCUT2D eigenvalue weighted by Gasteiger charge is -2.10. The van der Waals surface area contributed by atoms with Gasteiger partial charge in [0.15, 0.2) is 0 Å². The lowest BCUT2D eigenvalue weighted by Crippen LogP contribution is -2.28. The summed E-state index contributed by atoms with van der Waals surface area (Å²) in [6.45, 7) is 7.38. The van der Waals surface area contributed by atoms with Crippen LogP contribution in [0.5, 0.6) is 0 Å². The number of hydrogen-bond donors (Lipinski definition) is 1. The summed E-state index contributed by atoms with van der Waals surface area (Å²) >= 11 is 2.29. The third-order valence-corrected chi connectivity index (χ3v) is 7.65. The molecule has 38 heavy (non-hydrogen) atoms. The van der Waals surface area contributed by atoms with Gasteiger partial charge in [0.05, 0.1) is 24.9 Å². The molecule has 4 aromatic rings. The van der Waals surface area contributed by atoms with Crippen LogP contribution in [-0.2, 0) is 20.8 Å². The van der Waals surface area contributed by atoms with E-state index in [9.17, 15) is 19.2 Å². The lowest BCUT2D eigenvalue weighted by molar-refractivity contribution is -0.116. The van der Waals surface area contributed by atoms with Crippen LogP contribution in [0.1, 0.15) is 46.4 Å². The predicted octanol–water partition coefficient (Wildman–Crippen LogP) is 5.12. The molecule has 1 N–H and O–H groups in total. The van der Waals surface area contributed by atoms with Crippen LogP contribution in [0.3, 0.4) is 0 Å². The number of benzene rings is 1. The van der Waals surface area contributed by atoms with Gasteiger partial charge in [-0.15, -0.1) is 22.7 Å². The van der Waals surface area contributed by atoms with Gasteiger partial charge < -0.3 is 14.8 Å². The number of anilines is 1. The first-order valence-corrected chi connectivity index (χ1v) is 13.7. The number of carbonyl (C=O) groups excluding carboxylic acids is 3. The summed E-state index contributed by atoms with van der Waals surface area (Å²) in [5.41, 5.74) is 1.75. The molecule has 198 valence electrons. The molecule has 0 saturated heterocycles. The number of amides is 1. The molecule has 0 spiro atoms. The average Bonchev–Trinajstić information content (AvgIpc) is 3.46. The van der Waals surface area contributed by atoms with Crippen LogP contribution in [0.4, 0.5) is 5.00 Å². The van der Waals surface area contributed by atoms with Crippen molar-refractivity contribution in [3.63, 3.8) is 0 Å². The van der Waals surface area contributed by atoms with Crippen molar-refractivity contribution in [1.29, 1.82) is 0 Å². The molecular weight excluding hydrogens is 526 g/mol. The normalized spacial score (nSPS) is 11.1. The largest absolute Gasteiger partial charge is 0.462 e. The number of esters is 2. The van der Waals surface area contributed by atoms with Crippen LogP contribution < -0.4 is 10.9 Å². The fourth-order valence-corrected chi connectivity index (χ4v) is 5.79. The molecule has 0 aliphatic carbocycles. The van der Waals surface area contributed by atoms with Crippen LogP contribution in [0.15, 0.2) is 46.8 Å². The number of carbonyl (C=O) groups is 3. The van der Waals surface area contributed by atoms with Crippen molar-refractivity contribution in [1.82, 2.24) is 9.55 Å². The van der Waals surface area contributed by atoms with Crippen molar-refractivity contribution in [3.8, 4) is 11.1 Å². The Morgan fingerprint density at radius 2 is 1.84 bits per heavy atom. The molecular formula is C27H27N3O6S2. The Hall–Kier alpha value is -3.83. The zero-order valence-electron chi connectivity index (χ0n) is 21.4. The summed E-state index contributed by atoms with van der Waals surface area (Å²) in [6.07, 6.45) is 1.28. The topological polar surface area (TPSA) is 117 Å². The van der Waals surface area contributed by atoms with Gasteiger partial charge in [0.25, 0.3) is 5.56 Å². The predicted molar refractivity (Wildman–Crippen MR) is 148 cm³/mol. The molecule has 0 saturated carbocycles. The van der Waals surface area contributed by atoms with E-state index in [-0.39, 0.29) is 36.6 Å². The highest BCUT2D eigenvalue weighted by molar-refractivity contribution is 7.20. The molecule has 0 aliphatic heterocycles. The van der Waals surface area contributed by atoms with Gasteiger partial charge in [0.2, 0.25) is 5.91 Å². The molecule has 0 bridgehead atoms. The minimum atomic E-state index is -0.547. The van der Waals surface area contributed by atoms with Crippen molar-refractivity contribution in [2.75, 3.05) is 18.5 Å². The number of thiophene rings is 2. The van der Waals surface area contributed by atoms with Crippen molar-refractivity contribution in [3.05, 3.63) is 68.4 Å². The minimum Gasteiger partial charge on any atom is -0.462 e. The van der Waals surface area contributed by atoms with Crippen molar-refractivity contribution < 1.29 is 23.9 Å². The third kappa shape index (κ3) is 5.68. The maximum absolute atomic E-state index is 13.2. The number of aryl methyl sites for hydroxylation is 1. The van der Waals surface area contributed by atoms with E-state index in [2.05, 4.69) is 10.3 Å². The Labute approximate surface area is 227 Å². The second-order valence-corrected chi connectivity index (χ2v) is 10.8. The first kappa shape index (κ1) is 27.2. The van der Waals surface area contributed by atoms with Crippen LogP contribution >= 0.6 is 22.7 Å². The van der Waals surface area contributed by atoms with E-state index in [0.717, 1.165) is 16.9 Å². The molecule has 3 heterocycles. The average molecular weight is 554 g/mol. The fourth-order valence-electron chi connectivity index (χ4n) is 3.78. The third-order valence-electron chi connectivity index (χ3n) is 5.57. The number of rotatable bonds is 9. The maximum atomic E-state index is 13.2. The second-order valence-electron chi connectivity index (χ2n) is 8.89. The molecule has 1 amide bonds. The number of nitrogens with zero attached hydrogens (tertiary/aromatic N) is 2. The van der Waals surface area contributed by atoms with Crippen LogP contribution in [-0.4, -0.2) is 40.6 Å². The monoisotopic (exact) mass is 553 g/mol. The zero-order valence-corrected chi connectivity index (χ0v) is 23.0. The smallest absolute Gasteiger partial charge is 0.348 e. The van der Waals surface area contributed by atoms with Gasteiger partial charge in [-0.1, -0.05) is 44.2 Å². The lowest BCUT2D eigenvalue weighted by atomic mass is 10.0. The number of aromatic nitrogens is 2. The minimum absolute atomic E-state index is 0.180. The summed E-state index contributed by atoms with van der Waals surface area (Å²) in [7, 11) is 0. The molecule has 0 unspecified atom stereocenters. The second kappa shape index (κ2) is 11.7. The first-order chi connectivity index (χ1) is 18.2. The highest BCUT2D eigenvalue weighted by Gasteiger charge is 2.24. The summed E-state index contributed by atoms with van der Waals surface area (Å²) in [5, 5.41) is 5.14. The van der Waals surface area contributed by atoms with Gasteiger partial charge >= 0.3 is 11.9 Å². The van der Waals surface area contributed by atoms with Gasteiger partial charge in [-0.25, -0.2) is 14.6 Å². The fraction of sp³-hybridized carbons (Fsp3) is 0.296. The molecule has 4 rings (SSSR count). The van der Waals surface area contributed by atoms with Crippen LogP contribution in [0.2, 0.25) is 0 Å². The van der Waals surface area contributed by atoms with E-state index >= 15 is 0 Å². The van der Waals surface area contributed by atoms with E-state index in [1.165, 1.54) is 22.2 Å². The molecule has 1 aromatic carbocycles. The Morgan fingerprint density at radius 1 is 1.11 bits per heavy atom. The molecule has 0 aliphatic rings. The SMILES string of the molecule is CCOC(=O)c1c(-c2ccccc2)csc1NC(=O)Cn1cnc2sc(C(=O)OCC(C)C)c(C)c2c1=O. The molecule has 0 atom stereocenters. The van der Waals surface area contributed by atoms with E-state index in [1.807, 2.05) is 44.2 Å². The van der Waals surface area contributed by atoms with Gasteiger partial charge in [-0.2, -0.15) is 0 Å². The van der Waals surface area contributed by atoms with Gasteiger partial charge in [-0.05, 0) is 30.9 Å². The molecule has 9 nitrogen and oxygen atoms in total.